The fourth-order valence-corrected chi connectivity index (χ4v) is 4.45. The molecule has 1 aliphatic rings. The summed E-state index contributed by atoms with van der Waals surface area (Å²) in [5.41, 5.74) is 0.478. The highest BCUT2D eigenvalue weighted by atomic mass is 32.2. The maximum Gasteiger partial charge on any atom is 0.339 e. The Morgan fingerprint density at radius 2 is 2.18 bits per heavy atom. The number of carbonyl (C=O) groups excluding carboxylic acids is 2. The Bertz CT molecular complexity index is 917. The molecule has 2 aromatic rings. The van der Waals surface area contributed by atoms with Gasteiger partial charge in [-0.3, -0.25) is 4.79 Å². The molecule has 1 aliphatic carbocycles. The van der Waals surface area contributed by atoms with E-state index in [1.165, 1.54) is 11.8 Å². The zero-order valence-corrected chi connectivity index (χ0v) is 17.4. The third-order valence-corrected chi connectivity index (χ3v) is 6.44. The van der Waals surface area contributed by atoms with Crippen molar-refractivity contribution in [3.8, 4) is 6.07 Å². The number of hydrogen-bond donors (Lipinski definition) is 1. The molecule has 1 N–H and O–H groups in total. The lowest BCUT2D eigenvalue weighted by molar-refractivity contribution is -0.125. The number of rotatable bonds is 8. The molecule has 1 unspecified atom stereocenters. The van der Waals surface area contributed by atoms with Gasteiger partial charge in [-0.15, -0.1) is 23.1 Å². The average Bonchev–Trinajstić information content (AvgIpc) is 3.47. The van der Waals surface area contributed by atoms with Crippen LogP contribution in [0.15, 0.2) is 34.5 Å². The molecular weight excluding hydrogens is 394 g/mol. The number of thiazole rings is 1. The van der Waals surface area contributed by atoms with Crippen molar-refractivity contribution in [2.45, 2.75) is 42.9 Å². The molecule has 0 radical (unpaired) electrons. The molecule has 3 rings (SSSR count). The van der Waals surface area contributed by atoms with Crippen molar-refractivity contribution in [3.05, 3.63) is 45.9 Å². The van der Waals surface area contributed by atoms with E-state index in [-0.39, 0.29) is 5.92 Å². The summed E-state index contributed by atoms with van der Waals surface area (Å²) in [4.78, 5) is 29.8. The molecule has 1 fully saturated rings. The molecule has 1 heterocycles. The van der Waals surface area contributed by atoms with Crippen LogP contribution in [0.25, 0.3) is 0 Å². The van der Waals surface area contributed by atoms with E-state index in [2.05, 4.69) is 16.4 Å². The summed E-state index contributed by atoms with van der Waals surface area (Å²) in [6.07, 6.45) is 1.85. The number of benzene rings is 1. The maximum absolute atomic E-state index is 12.5. The molecule has 1 atom stereocenters. The quantitative estimate of drug-likeness (QED) is 0.522. The lowest BCUT2D eigenvalue weighted by Gasteiger charge is -2.22. The van der Waals surface area contributed by atoms with Crippen LogP contribution in [-0.4, -0.2) is 29.0 Å². The second-order valence-electron chi connectivity index (χ2n) is 6.86. The Balaban J connectivity index is 1.56. The van der Waals surface area contributed by atoms with Crippen molar-refractivity contribution in [1.29, 1.82) is 5.26 Å². The van der Waals surface area contributed by atoms with Crippen LogP contribution in [-0.2, 0) is 15.3 Å². The monoisotopic (exact) mass is 415 g/mol. The fraction of sp³-hybridized carbons (Fsp3) is 0.400. The van der Waals surface area contributed by atoms with Gasteiger partial charge >= 0.3 is 5.97 Å². The van der Waals surface area contributed by atoms with E-state index in [0.29, 0.717) is 11.3 Å². The first kappa shape index (κ1) is 20.4. The summed E-state index contributed by atoms with van der Waals surface area (Å²) in [7, 11) is 0. The second-order valence-corrected chi connectivity index (χ2v) is 8.93. The van der Waals surface area contributed by atoms with Crippen LogP contribution in [0.4, 0.5) is 0 Å². The Kier molecular flexibility index (Phi) is 6.37. The number of hydrogen-bond acceptors (Lipinski definition) is 7. The fourth-order valence-electron chi connectivity index (χ4n) is 2.80. The number of nitrogens with one attached hydrogen (secondary N) is 1. The minimum Gasteiger partial charge on any atom is -0.452 e. The van der Waals surface area contributed by atoms with E-state index in [1.807, 2.05) is 24.4 Å². The molecule has 0 saturated heterocycles. The summed E-state index contributed by atoms with van der Waals surface area (Å²) < 4.78 is 5.19. The summed E-state index contributed by atoms with van der Waals surface area (Å²) >= 11 is 3.09. The van der Waals surface area contributed by atoms with Gasteiger partial charge in [-0.2, -0.15) is 5.26 Å². The van der Waals surface area contributed by atoms with Crippen LogP contribution in [0.1, 0.15) is 40.8 Å². The number of esters is 1. The first-order valence-electron chi connectivity index (χ1n) is 8.93. The molecule has 1 saturated carbocycles. The number of aromatic nitrogens is 1. The van der Waals surface area contributed by atoms with E-state index in [1.54, 1.807) is 30.4 Å². The topological polar surface area (TPSA) is 92.1 Å². The Hall–Kier alpha value is -2.37. The molecule has 146 valence electrons. The maximum atomic E-state index is 12.5. The Labute approximate surface area is 172 Å². The highest BCUT2D eigenvalue weighted by molar-refractivity contribution is 7.98. The first-order valence-corrected chi connectivity index (χ1v) is 10.8. The van der Waals surface area contributed by atoms with Crippen LogP contribution >= 0.6 is 23.1 Å². The van der Waals surface area contributed by atoms with Gasteiger partial charge in [0.2, 0.25) is 0 Å². The molecule has 8 heteroatoms. The molecule has 1 aromatic carbocycles. The van der Waals surface area contributed by atoms with Crippen molar-refractivity contribution in [3.63, 3.8) is 0 Å². The van der Waals surface area contributed by atoms with Crippen LogP contribution in [0, 0.1) is 24.2 Å². The largest absolute Gasteiger partial charge is 0.452 e. The first-order chi connectivity index (χ1) is 13.4. The van der Waals surface area contributed by atoms with E-state index in [0.717, 1.165) is 28.4 Å². The number of carbonyl (C=O) groups is 2. The number of ether oxygens (including phenoxy) is 1. The molecule has 0 bridgehead atoms. The smallest absolute Gasteiger partial charge is 0.339 e. The second kappa shape index (κ2) is 8.76. The van der Waals surface area contributed by atoms with Crippen LogP contribution in [0.3, 0.4) is 0 Å². The molecular formula is C20H21N3O3S2. The van der Waals surface area contributed by atoms with E-state index in [9.17, 15) is 14.9 Å². The highest BCUT2D eigenvalue weighted by Crippen LogP contribution is 2.39. The molecule has 1 aromatic heterocycles. The Morgan fingerprint density at radius 1 is 1.43 bits per heavy atom. The van der Waals surface area contributed by atoms with Crippen molar-refractivity contribution in [2.75, 3.05) is 6.61 Å². The van der Waals surface area contributed by atoms with Gasteiger partial charge in [-0.25, -0.2) is 9.78 Å². The van der Waals surface area contributed by atoms with Crippen LogP contribution in [0.5, 0.6) is 0 Å². The number of amides is 1. The molecule has 0 aliphatic heterocycles. The summed E-state index contributed by atoms with van der Waals surface area (Å²) in [6, 6.07) is 9.29. The van der Waals surface area contributed by atoms with E-state index >= 15 is 0 Å². The summed E-state index contributed by atoms with van der Waals surface area (Å²) in [5, 5.41) is 15.0. The third kappa shape index (κ3) is 5.12. The van der Waals surface area contributed by atoms with Crippen molar-refractivity contribution in [2.24, 2.45) is 5.92 Å². The number of aryl methyl sites for hydroxylation is 1. The Morgan fingerprint density at radius 3 is 2.82 bits per heavy atom. The summed E-state index contributed by atoms with van der Waals surface area (Å²) in [5.74, 6) is -0.203. The third-order valence-electron chi connectivity index (χ3n) is 4.51. The van der Waals surface area contributed by atoms with Crippen molar-refractivity contribution in [1.82, 2.24) is 10.3 Å². The zero-order valence-electron chi connectivity index (χ0n) is 15.7. The van der Waals surface area contributed by atoms with E-state index in [4.69, 9.17) is 4.74 Å². The van der Waals surface area contributed by atoms with Crippen molar-refractivity contribution < 1.29 is 14.3 Å². The van der Waals surface area contributed by atoms with Crippen LogP contribution in [0.2, 0.25) is 0 Å². The van der Waals surface area contributed by atoms with Gasteiger partial charge in [0.1, 0.15) is 5.54 Å². The SMILES string of the molecule is Cc1nc(CSc2ccccc2C(=O)OCC(=O)NC(C)(C#N)C2CC2)cs1. The minimum absolute atomic E-state index is 0.170. The molecule has 28 heavy (non-hydrogen) atoms. The van der Waals surface area contributed by atoms with Gasteiger partial charge in [-0.1, -0.05) is 12.1 Å². The minimum atomic E-state index is -0.900. The molecule has 0 spiro atoms. The predicted molar refractivity (Wildman–Crippen MR) is 108 cm³/mol. The number of nitrogens with zero attached hydrogens (tertiary/aromatic N) is 2. The van der Waals surface area contributed by atoms with Gasteiger partial charge in [-0.05, 0) is 44.7 Å². The van der Waals surface area contributed by atoms with Crippen molar-refractivity contribution >= 4 is 35.0 Å². The standard InChI is InChI=1S/C20H21N3O3S2/c1-13-22-15(10-27-13)11-28-17-6-4-3-5-16(17)19(25)26-9-18(24)23-20(2,12-21)14-7-8-14/h3-6,10,14H,7-9,11H2,1-2H3,(H,23,24). The normalized spacial score (nSPS) is 15.3. The van der Waals surface area contributed by atoms with Gasteiger partial charge in [0.05, 0.1) is 22.3 Å². The molecule has 1 amide bonds. The predicted octanol–water partition coefficient (Wildman–Crippen LogP) is 3.71. The number of nitriles is 1. The zero-order chi connectivity index (χ0) is 20.1. The van der Waals surface area contributed by atoms with Crippen LogP contribution < -0.4 is 5.32 Å². The summed E-state index contributed by atoms with van der Waals surface area (Å²) in [6.45, 7) is 3.25. The van der Waals surface area contributed by atoms with Gasteiger partial charge in [0.15, 0.2) is 6.61 Å². The number of thioether (sulfide) groups is 1. The van der Waals surface area contributed by atoms with E-state index < -0.39 is 24.0 Å². The average molecular weight is 416 g/mol. The highest BCUT2D eigenvalue weighted by Gasteiger charge is 2.43. The lowest BCUT2D eigenvalue weighted by Crippen LogP contribution is -2.48. The van der Waals surface area contributed by atoms with Gasteiger partial charge < -0.3 is 10.1 Å². The van der Waals surface area contributed by atoms with Gasteiger partial charge in [0.25, 0.3) is 5.91 Å². The van der Waals surface area contributed by atoms with Gasteiger partial charge in [0, 0.05) is 16.0 Å². The lowest BCUT2D eigenvalue weighted by atomic mass is 9.98. The molecule has 6 nitrogen and oxygen atoms in total.